The predicted octanol–water partition coefficient (Wildman–Crippen LogP) is 2.25. The minimum absolute atomic E-state index is 0.153. The molecule has 0 aliphatic heterocycles. The highest BCUT2D eigenvalue weighted by Crippen LogP contribution is 2.56. The Balaban J connectivity index is 2.16. The molecule has 2 aromatic rings. The number of halogens is 2. The van der Waals surface area contributed by atoms with Crippen LogP contribution in [0.3, 0.4) is 0 Å². The summed E-state index contributed by atoms with van der Waals surface area (Å²) in [6.07, 6.45) is -1.09. The number of carbonyl (C=O) groups is 1. The van der Waals surface area contributed by atoms with Gasteiger partial charge in [0.15, 0.2) is 5.72 Å². The first-order valence-corrected chi connectivity index (χ1v) is 7.68. The van der Waals surface area contributed by atoms with Crippen LogP contribution in [0.2, 0.25) is 0 Å². The van der Waals surface area contributed by atoms with Gasteiger partial charge in [-0.3, -0.25) is 5.32 Å². The monoisotopic (exact) mass is 348 g/mol. The number of aliphatic hydroxyl groups is 1. The molecule has 2 aliphatic rings. The number of nitrogens with two attached hydrogens (primary N) is 1. The number of amides is 1. The third-order valence-corrected chi connectivity index (χ3v) is 4.97. The topological polar surface area (TPSA) is 84.6 Å². The average molecular weight is 348 g/mol. The number of carbonyl (C=O) groups excluding carboxylic acids is 1. The van der Waals surface area contributed by atoms with Gasteiger partial charge in [-0.1, -0.05) is 30.3 Å². The third kappa shape index (κ3) is 2.31. The fourth-order valence-electron chi connectivity index (χ4n) is 3.53. The van der Waals surface area contributed by atoms with Crippen LogP contribution < -0.4 is 11.1 Å². The van der Waals surface area contributed by atoms with E-state index in [1.165, 1.54) is 20.0 Å². The summed E-state index contributed by atoms with van der Waals surface area (Å²) in [6.45, 7) is 0.933. The molecule has 5 nitrogen and oxygen atoms in total. The highest BCUT2D eigenvalue weighted by atomic mass is 19.1. The maximum Gasteiger partial charge on any atom is 0.404 e. The minimum atomic E-state index is -1.94. The number of nitrogens with one attached hydrogen (secondary N) is 1. The Morgan fingerprint density at radius 3 is 2.48 bits per heavy atom. The second kappa shape index (κ2) is 5.79. The first-order valence-electron chi connectivity index (χ1n) is 7.68. The van der Waals surface area contributed by atoms with Crippen molar-refractivity contribution in [3.8, 4) is 11.1 Å². The molecule has 0 saturated heterocycles. The number of benzene rings is 2. The van der Waals surface area contributed by atoms with E-state index in [-0.39, 0.29) is 11.1 Å². The summed E-state index contributed by atoms with van der Waals surface area (Å²) in [5, 5.41) is 13.6. The van der Waals surface area contributed by atoms with Crippen LogP contribution in [0.5, 0.6) is 0 Å². The van der Waals surface area contributed by atoms with Crippen molar-refractivity contribution in [2.24, 2.45) is 5.73 Å². The number of hydrogen-bond acceptors (Lipinski definition) is 4. The number of likely N-dealkylation sites (N-methyl/N-ethyl adjacent to an activating group) is 1. The van der Waals surface area contributed by atoms with Crippen molar-refractivity contribution in [1.82, 2.24) is 5.32 Å². The summed E-state index contributed by atoms with van der Waals surface area (Å²) in [7, 11) is 1.41. The lowest BCUT2D eigenvalue weighted by Crippen LogP contribution is -2.66. The van der Waals surface area contributed by atoms with Gasteiger partial charge in [-0.05, 0) is 31.2 Å². The average Bonchev–Trinajstić information content (AvgIpc) is 2.59. The van der Waals surface area contributed by atoms with Gasteiger partial charge in [0, 0.05) is 11.1 Å². The van der Waals surface area contributed by atoms with E-state index in [1.807, 2.05) is 0 Å². The first-order chi connectivity index (χ1) is 11.8. The largest absolute Gasteiger partial charge is 0.445 e. The molecule has 4 rings (SSSR count). The highest BCUT2D eigenvalue weighted by Gasteiger charge is 2.61. The summed E-state index contributed by atoms with van der Waals surface area (Å²) in [6, 6.07) is 9.99. The molecule has 0 aromatic heterocycles. The Labute approximate surface area is 143 Å². The van der Waals surface area contributed by atoms with E-state index in [1.54, 1.807) is 30.3 Å². The number of ether oxygens (including phenoxy) is 1. The van der Waals surface area contributed by atoms with Crippen LogP contribution in [0.25, 0.3) is 11.1 Å². The summed E-state index contributed by atoms with van der Waals surface area (Å²) in [4.78, 5) is 10.9. The Morgan fingerprint density at radius 2 is 1.96 bits per heavy atom. The van der Waals surface area contributed by atoms with Crippen molar-refractivity contribution in [1.29, 1.82) is 0 Å². The number of primary amides is 1. The lowest BCUT2D eigenvalue weighted by molar-refractivity contribution is -0.0919. The van der Waals surface area contributed by atoms with Gasteiger partial charge in [-0.25, -0.2) is 13.6 Å². The number of hydrogen-bond donors (Lipinski definition) is 3. The van der Waals surface area contributed by atoms with Gasteiger partial charge in [0.2, 0.25) is 0 Å². The van der Waals surface area contributed by atoms with E-state index in [2.05, 4.69) is 5.32 Å². The van der Waals surface area contributed by atoms with Crippen LogP contribution in [0.15, 0.2) is 36.4 Å². The van der Waals surface area contributed by atoms with Crippen LogP contribution in [-0.2, 0) is 10.2 Å². The Hall–Kier alpha value is -2.51. The zero-order valence-corrected chi connectivity index (χ0v) is 13.8. The van der Waals surface area contributed by atoms with Gasteiger partial charge in [-0.15, -0.1) is 0 Å². The summed E-state index contributed by atoms with van der Waals surface area (Å²) in [5.74, 6) is -1.49. The molecule has 25 heavy (non-hydrogen) atoms. The van der Waals surface area contributed by atoms with Gasteiger partial charge in [-0.2, -0.15) is 0 Å². The van der Waals surface area contributed by atoms with E-state index in [0.29, 0.717) is 11.1 Å². The molecule has 2 aromatic carbocycles. The van der Waals surface area contributed by atoms with Crippen molar-refractivity contribution in [2.75, 3.05) is 13.7 Å². The fraction of sp³-hybridized carbons (Fsp3) is 0.278. The van der Waals surface area contributed by atoms with E-state index in [4.69, 9.17) is 10.5 Å². The van der Waals surface area contributed by atoms with Crippen LogP contribution >= 0.6 is 0 Å². The Kier molecular flexibility index (Phi) is 4.01. The van der Waals surface area contributed by atoms with Gasteiger partial charge < -0.3 is 15.6 Å². The van der Waals surface area contributed by atoms with Crippen molar-refractivity contribution >= 4 is 6.09 Å². The molecule has 4 N–H and O–H groups in total. The van der Waals surface area contributed by atoms with Gasteiger partial charge >= 0.3 is 6.09 Å². The maximum atomic E-state index is 14.6. The van der Waals surface area contributed by atoms with E-state index < -0.39 is 35.5 Å². The molecule has 2 bridgehead atoms. The molecule has 0 saturated carbocycles. The van der Waals surface area contributed by atoms with Crippen molar-refractivity contribution in [3.05, 3.63) is 59.2 Å². The molecule has 2 atom stereocenters. The Bertz CT molecular complexity index is 837. The van der Waals surface area contributed by atoms with E-state index in [0.717, 1.165) is 0 Å². The quantitative estimate of drug-likeness (QED) is 0.724. The van der Waals surface area contributed by atoms with Crippen molar-refractivity contribution in [3.63, 3.8) is 0 Å². The molecular weight excluding hydrogens is 330 g/mol. The van der Waals surface area contributed by atoms with Crippen molar-refractivity contribution in [2.45, 2.75) is 18.1 Å². The standard InChI is InChI=1S/C18H18F2N2O3/c1-17(18(24,22-2)9-25-16(21)23)13-11(10-6-4-3-5-7-10)8-12(19)14(17)15(13)20/h3-8,22,24H,9H2,1-2H3,(H2,21,23). The van der Waals surface area contributed by atoms with Gasteiger partial charge in [0.05, 0.1) is 5.41 Å². The van der Waals surface area contributed by atoms with Gasteiger partial charge in [0.1, 0.15) is 18.2 Å². The molecular formula is C18H18F2N2O3. The van der Waals surface area contributed by atoms with Crippen molar-refractivity contribution < 1.29 is 23.4 Å². The van der Waals surface area contributed by atoms with Crippen LogP contribution in [0.4, 0.5) is 13.6 Å². The first kappa shape index (κ1) is 17.3. The second-order valence-corrected chi connectivity index (χ2v) is 6.18. The number of rotatable bonds is 5. The molecule has 0 fully saturated rings. The van der Waals surface area contributed by atoms with Gasteiger partial charge in [0.25, 0.3) is 0 Å². The molecule has 2 unspecified atom stereocenters. The van der Waals surface area contributed by atoms with E-state index >= 15 is 0 Å². The third-order valence-electron chi connectivity index (χ3n) is 4.97. The highest BCUT2D eigenvalue weighted by molar-refractivity contribution is 5.77. The SMILES string of the molecule is CNC(O)(COC(N)=O)C1(C)c2c(F)cc(-c3ccccc3)c1c2F. The summed E-state index contributed by atoms with van der Waals surface area (Å²) >= 11 is 0. The van der Waals surface area contributed by atoms with Crippen LogP contribution in [0, 0.1) is 11.6 Å². The zero-order chi connectivity index (χ0) is 18.4. The smallest absolute Gasteiger partial charge is 0.404 e. The zero-order valence-electron chi connectivity index (χ0n) is 13.8. The fourth-order valence-corrected chi connectivity index (χ4v) is 3.53. The lowest BCUT2D eigenvalue weighted by atomic mass is 9.58. The molecule has 132 valence electrons. The second-order valence-electron chi connectivity index (χ2n) is 6.18. The molecule has 7 heteroatoms. The summed E-state index contributed by atoms with van der Waals surface area (Å²) in [5.41, 5.74) is 2.42. The van der Waals surface area contributed by atoms with E-state index in [9.17, 15) is 18.7 Å². The molecule has 1 amide bonds. The molecule has 0 spiro atoms. The normalized spacial score (nSPS) is 20.5. The molecule has 0 radical (unpaired) electrons. The summed E-state index contributed by atoms with van der Waals surface area (Å²) < 4.78 is 34.0. The van der Waals surface area contributed by atoms with Crippen LogP contribution in [0.1, 0.15) is 18.1 Å². The number of fused-ring (bicyclic) bond motifs is 2. The molecule has 2 aliphatic carbocycles. The maximum absolute atomic E-state index is 14.6. The van der Waals surface area contributed by atoms with Crippen LogP contribution in [-0.4, -0.2) is 30.6 Å². The Morgan fingerprint density at radius 1 is 1.32 bits per heavy atom. The predicted molar refractivity (Wildman–Crippen MR) is 87.8 cm³/mol. The minimum Gasteiger partial charge on any atom is -0.445 e. The lowest BCUT2D eigenvalue weighted by Gasteiger charge is -2.51. The molecule has 0 heterocycles.